The van der Waals surface area contributed by atoms with Crippen molar-refractivity contribution in [1.29, 1.82) is 0 Å². The van der Waals surface area contributed by atoms with Crippen LogP contribution in [0.3, 0.4) is 0 Å². The molecule has 0 spiro atoms. The molecule has 0 fully saturated rings. The van der Waals surface area contributed by atoms with Crippen LogP contribution in [-0.2, 0) is 16.4 Å². The summed E-state index contributed by atoms with van der Waals surface area (Å²) in [4.78, 5) is 25.4. The molecule has 0 bridgehead atoms. The predicted molar refractivity (Wildman–Crippen MR) is 137 cm³/mol. The number of anilines is 2. The van der Waals surface area contributed by atoms with Crippen molar-refractivity contribution in [2.24, 2.45) is 0 Å². The van der Waals surface area contributed by atoms with Crippen molar-refractivity contribution in [2.75, 3.05) is 17.7 Å². The summed E-state index contributed by atoms with van der Waals surface area (Å²) in [5.74, 6) is -0.532. The topological polar surface area (TPSA) is 109 Å². The number of carbonyl (C=O) groups is 1. The third kappa shape index (κ3) is 5.02. The van der Waals surface area contributed by atoms with Gasteiger partial charge in [0.1, 0.15) is 10.0 Å². The number of rotatable bonds is 6. The van der Waals surface area contributed by atoms with Crippen molar-refractivity contribution in [1.82, 2.24) is 9.29 Å². The maximum atomic E-state index is 14.3. The predicted octanol–water partition coefficient (Wildman–Crippen LogP) is 4.96. The van der Waals surface area contributed by atoms with Gasteiger partial charge in [0, 0.05) is 18.9 Å². The van der Waals surface area contributed by atoms with Crippen LogP contribution < -0.4 is 20.9 Å². The molecule has 8 nitrogen and oxygen atoms in total. The minimum absolute atomic E-state index is 0.0869. The van der Waals surface area contributed by atoms with Gasteiger partial charge in [-0.15, -0.1) is 11.3 Å². The number of thiophene rings is 1. The molecule has 2 heterocycles. The summed E-state index contributed by atoms with van der Waals surface area (Å²) < 4.78 is 42.5. The first-order valence-electron chi connectivity index (χ1n) is 10.4. The summed E-state index contributed by atoms with van der Waals surface area (Å²) in [5, 5.41) is 6.07. The van der Waals surface area contributed by atoms with Gasteiger partial charge in [-0.3, -0.25) is 9.36 Å². The lowest BCUT2D eigenvalue weighted by molar-refractivity contribution is 0.256. The number of fused-ring (bicyclic) bond motifs is 1. The number of pyridine rings is 1. The zero-order valence-electron chi connectivity index (χ0n) is 18.6. The first-order valence-corrected chi connectivity index (χ1v) is 13.1. The number of amides is 2. The highest BCUT2D eigenvalue weighted by atomic mass is 35.5. The molecule has 0 aliphatic carbocycles. The number of nitrogens with one attached hydrogen (secondary N) is 3. The van der Waals surface area contributed by atoms with Gasteiger partial charge in [-0.2, -0.15) is 0 Å². The van der Waals surface area contributed by atoms with Gasteiger partial charge in [-0.25, -0.2) is 22.3 Å². The zero-order valence-corrected chi connectivity index (χ0v) is 20.9. The molecule has 3 N–H and O–H groups in total. The number of hydrogen-bond acceptors (Lipinski definition) is 6. The largest absolute Gasteiger partial charge is 0.386 e. The standard InChI is InChI=1S/C23H20ClFN4O4S2/c1-3-13-10-15(27-23(31)28-35(32,33)21-7-6-20(24)34-21)4-5-19(13)29-9-8-14-11-18(26-2)17(25)12-16(14)22(29)30/h4-12,26H,3H2,1-2H3,(H2,27,28,31). The van der Waals surface area contributed by atoms with Gasteiger partial charge in [0.25, 0.3) is 15.6 Å². The van der Waals surface area contributed by atoms with Crippen molar-refractivity contribution in [3.8, 4) is 5.69 Å². The molecule has 35 heavy (non-hydrogen) atoms. The van der Waals surface area contributed by atoms with Crippen molar-refractivity contribution in [3.05, 3.63) is 80.8 Å². The molecular formula is C23H20ClFN4O4S2. The summed E-state index contributed by atoms with van der Waals surface area (Å²) in [6.07, 6.45) is 2.12. The lowest BCUT2D eigenvalue weighted by atomic mass is 10.1. The van der Waals surface area contributed by atoms with Crippen LogP contribution in [0.25, 0.3) is 16.5 Å². The van der Waals surface area contributed by atoms with E-state index in [1.54, 1.807) is 43.6 Å². The number of nitrogens with zero attached hydrogens (tertiary/aromatic N) is 1. The lowest BCUT2D eigenvalue weighted by Crippen LogP contribution is -2.34. The van der Waals surface area contributed by atoms with Crippen molar-refractivity contribution in [3.63, 3.8) is 0 Å². The van der Waals surface area contributed by atoms with E-state index in [0.717, 1.165) is 11.3 Å². The zero-order chi connectivity index (χ0) is 25.3. The molecule has 2 aromatic carbocycles. The molecule has 0 saturated carbocycles. The third-order valence-corrected chi connectivity index (χ3v) is 8.33. The number of urea groups is 1. The number of sulfonamides is 1. The Morgan fingerprint density at radius 3 is 2.57 bits per heavy atom. The molecular weight excluding hydrogens is 515 g/mol. The molecule has 0 aliphatic heterocycles. The molecule has 12 heteroatoms. The Morgan fingerprint density at radius 1 is 1.14 bits per heavy atom. The van der Waals surface area contributed by atoms with Crippen LogP contribution >= 0.6 is 22.9 Å². The highest BCUT2D eigenvalue weighted by molar-refractivity contribution is 7.92. The number of carbonyl (C=O) groups excluding carboxylic acids is 1. The Balaban J connectivity index is 1.62. The molecule has 0 radical (unpaired) electrons. The van der Waals surface area contributed by atoms with E-state index >= 15 is 0 Å². The van der Waals surface area contributed by atoms with Crippen LogP contribution in [0.5, 0.6) is 0 Å². The molecule has 0 unspecified atom stereocenters. The quantitative estimate of drug-likeness (QED) is 0.324. The van der Waals surface area contributed by atoms with Gasteiger partial charge in [-0.1, -0.05) is 18.5 Å². The molecule has 2 amide bonds. The van der Waals surface area contributed by atoms with Gasteiger partial charge in [0.2, 0.25) is 0 Å². The first-order chi connectivity index (χ1) is 16.6. The van der Waals surface area contributed by atoms with Gasteiger partial charge in [-0.05, 0) is 65.9 Å². The second-order valence-electron chi connectivity index (χ2n) is 7.48. The average Bonchev–Trinajstić information content (AvgIpc) is 3.26. The first kappa shape index (κ1) is 24.7. The van der Waals surface area contributed by atoms with Crippen LogP contribution in [-0.4, -0.2) is 26.1 Å². The fourth-order valence-electron chi connectivity index (χ4n) is 3.60. The van der Waals surface area contributed by atoms with E-state index in [1.807, 2.05) is 11.6 Å². The maximum absolute atomic E-state index is 14.3. The van der Waals surface area contributed by atoms with E-state index in [0.29, 0.717) is 34.4 Å². The van der Waals surface area contributed by atoms with E-state index in [4.69, 9.17) is 11.6 Å². The minimum atomic E-state index is -4.07. The monoisotopic (exact) mass is 534 g/mol. The molecule has 0 saturated heterocycles. The summed E-state index contributed by atoms with van der Waals surface area (Å²) in [5.41, 5.74) is 1.51. The average molecular weight is 535 g/mol. The molecule has 4 aromatic rings. The summed E-state index contributed by atoms with van der Waals surface area (Å²) >= 11 is 6.61. The third-order valence-electron chi connectivity index (χ3n) is 5.28. The summed E-state index contributed by atoms with van der Waals surface area (Å²) in [6.45, 7) is 1.87. The Kier molecular flexibility index (Phi) is 6.84. The van der Waals surface area contributed by atoms with Gasteiger partial charge < -0.3 is 10.6 Å². The number of aromatic nitrogens is 1. The van der Waals surface area contributed by atoms with Crippen LogP contribution in [0.1, 0.15) is 12.5 Å². The molecule has 2 aromatic heterocycles. The number of benzene rings is 2. The Labute approximate surface area is 209 Å². The second kappa shape index (κ2) is 9.68. The maximum Gasteiger partial charge on any atom is 0.333 e. The van der Waals surface area contributed by atoms with Gasteiger partial charge in [0.05, 0.1) is 21.1 Å². The van der Waals surface area contributed by atoms with E-state index in [-0.39, 0.29) is 13.9 Å². The van der Waals surface area contributed by atoms with Gasteiger partial charge >= 0.3 is 6.03 Å². The minimum Gasteiger partial charge on any atom is -0.386 e. The number of halogens is 2. The highest BCUT2D eigenvalue weighted by Gasteiger charge is 2.20. The van der Waals surface area contributed by atoms with Crippen LogP contribution in [0, 0.1) is 5.82 Å². The second-order valence-corrected chi connectivity index (χ2v) is 11.1. The summed E-state index contributed by atoms with van der Waals surface area (Å²) in [7, 11) is -2.47. The molecule has 4 rings (SSSR count). The number of aryl methyl sites for hydroxylation is 1. The van der Waals surface area contributed by atoms with Crippen LogP contribution in [0.15, 0.2) is 63.7 Å². The smallest absolute Gasteiger partial charge is 0.333 e. The lowest BCUT2D eigenvalue weighted by Gasteiger charge is -2.15. The fraction of sp³-hybridized carbons (Fsp3) is 0.130. The van der Waals surface area contributed by atoms with E-state index in [1.165, 1.54) is 22.8 Å². The van der Waals surface area contributed by atoms with Crippen molar-refractivity contribution >= 4 is 61.1 Å². The van der Waals surface area contributed by atoms with Gasteiger partial charge in [0.15, 0.2) is 0 Å². The van der Waals surface area contributed by atoms with Crippen LogP contribution in [0.2, 0.25) is 4.34 Å². The summed E-state index contributed by atoms with van der Waals surface area (Å²) in [6, 6.07) is 11.1. The van der Waals surface area contributed by atoms with E-state index < -0.39 is 27.4 Å². The SMILES string of the molecule is CCc1cc(NC(=O)NS(=O)(=O)c2ccc(Cl)s2)ccc1-n1ccc2cc(NC)c(F)cc2c1=O. The Morgan fingerprint density at radius 2 is 1.91 bits per heavy atom. The van der Waals surface area contributed by atoms with E-state index in [9.17, 15) is 22.4 Å². The van der Waals surface area contributed by atoms with Crippen molar-refractivity contribution in [2.45, 2.75) is 17.6 Å². The normalized spacial score (nSPS) is 11.4. The molecule has 182 valence electrons. The molecule has 0 atom stereocenters. The Hall–Kier alpha value is -3.41. The fourth-order valence-corrected chi connectivity index (χ4v) is 5.99. The van der Waals surface area contributed by atoms with Crippen LogP contribution in [0.4, 0.5) is 20.6 Å². The highest BCUT2D eigenvalue weighted by Crippen LogP contribution is 2.26. The Bertz CT molecular complexity index is 1620. The van der Waals surface area contributed by atoms with Crippen molar-refractivity contribution < 1.29 is 17.6 Å². The number of hydrogen-bond donors (Lipinski definition) is 3. The van der Waals surface area contributed by atoms with E-state index in [2.05, 4.69) is 10.6 Å². The molecule has 0 aliphatic rings.